The minimum Gasteiger partial charge on any atom is -0.396 e. The number of hydrogen-bond acceptors (Lipinski definition) is 2. The maximum atomic E-state index is 12.2. The normalized spacial score (nSPS) is 18.4. The summed E-state index contributed by atoms with van der Waals surface area (Å²) in [6.07, 6.45) is 7.67. The first-order valence-corrected chi connectivity index (χ1v) is 7.37. The Morgan fingerprint density at radius 2 is 2.06 bits per heavy atom. The first-order chi connectivity index (χ1) is 8.69. The van der Waals surface area contributed by atoms with Crippen LogP contribution >= 0.6 is 0 Å². The van der Waals surface area contributed by atoms with Crippen LogP contribution < -0.4 is 5.32 Å². The average Bonchev–Trinajstić information content (AvgIpc) is 2.38. The van der Waals surface area contributed by atoms with Gasteiger partial charge in [-0.2, -0.15) is 0 Å². The quantitative estimate of drug-likeness (QED) is 0.767. The van der Waals surface area contributed by atoms with Gasteiger partial charge < -0.3 is 15.3 Å². The lowest BCUT2D eigenvalue weighted by Gasteiger charge is -2.34. The average molecular weight is 256 g/mol. The molecule has 0 aromatic heterocycles. The van der Waals surface area contributed by atoms with E-state index in [1.807, 2.05) is 18.7 Å². The zero-order valence-electron chi connectivity index (χ0n) is 11.8. The minimum atomic E-state index is 0.0647. The number of aliphatic hydroxyl groups is 1. The molecule has 1 fully saturated rings. The van der Waals surface area contributed by atoms with E-state index in [0.717, 1.165) is 32.2 Å². The summed E-state index contributed by atoms with van der Waals surface area (Å²) in [5.41, 5.74) is 0. The highest BCUT2D eigenvalue weighted by molar-refractivity contribution is 5.74. The fraction of sp³-hybridized carbons (Fsp3) is 0.929. The van der Waals surface area contributed by atoms with Crippen molar-refractivity contribution in [2.45, 2.75) is 70.9 Å². The number of amides is 2. The molecule has 2 N–H and O–H groups in total. The molecule has 18 heavy (non-hydrogen) atoms. The molecule has 1 aliphatic carbocycles. The van der Waals surface area contributed by atoms with Crippen LogP contribution in [0, 0.1) is 0 Å². The molecule has 0 spiro atoms. The first-order valence-electron chi connectivity index (χ1n) is 7.37. The third-order valence-corrected chi connectivity index (χ3v) is 3.78. The van der Waals surface area contributed by atoms with Gasteiger partial charge in [0.1, 0.15) is 0 Å². The van der Waals surface area contributed by atoms with Crippen molar-refractivity contribution in [2.75, 3.05) is 13.2 Å². The van der Waals surface area contributed by atoms with E-state index in [9.17, 15) is 4.79 Å². The molecule has 0 saturated heterocycles. The van der Waals surface area contributed by atoms with Crippen molar-refractivity contribution in [2.24, 2.45) is 0 Å². The van der Waals surface area contributed by atoms with Crippen LogP contribution in [0.15, 0.2) is 0 Å². The van der Waals surface area contributed by atoms with Crippen LogP contribution in [0.2, 0.25) is 0 Å². The summed E-state index contributed by atoms with van der Waals surface area (Å²) < 4.78 is 0. The van der Waals surface area contributed by atoms with E-state index in [-0.39, 0.29) is 18.7 Å². The molecule has 1 unspecified atom stereocenters. The van der Waals surface area contributed by atoms with Crippen LogP contribution in [0.25, 0.3) is 0 Å². The number of rotatable bonds is 6. The number of nitrogens with zero attached hydrogens (tertiary/aromatic N) is 1. The molecule has 1 saturated carbocycles. The fourth-order valence-corrected chi connectivity index (χ4v) is 2.72. The third kappa shape index (κ3) is 4.84. The summed E-state index contributed by atoms with van der Waals surface area (Å²) >= 11 is 0. The summed E-state index contributed by atoms with van der Waals surface area (Å²) in [5.74, 6) is 0. The van der Waals surface area contributed by atoms with Gasteiger partial charge in [0.2, 0.25) is 0 Å². The Balaban J connectivity index is 2.40. The van der Waals surface area contributed by atoms with Crippen molar-refractivity contribution < 1.29 is 9.90 Å². The molecule has 0 radical (unpaired) electrons. The van der Waals surface area contributed by atoms with Gasteiger partial charge in [-0.25, -0.2) is 4.79 Å². The zero-order valence-corrected chi connectivity index (χ0v) is 11.8. The standard InChI is InChI=1S/C14H28N2O2/c1-3-16(13-9-5-4-6-10-13)14(18)15-12(2)8-7-11-17/h12-13,17H,3-11H2,1-2H3,(H,15,18). The van der Waals surface area contributed by atoms with E-state index in [4.69, 9.17) is 5.11 Å². The van der Waals surface area contributed by atoms with Gasteiger partial charge in [-0.05, 0) is 39.5 Å². The molecule has 106 valence electrons. The Morgan fingerprint density at radius 3 is 2.61 bits per heavy atom. The molecule has 0 aromatic carbocycles. The molecule has 4 nitrogen and oxygen atoms in total. The van der Waals surface area contributed by atoms with E-state index in [0.29, 0.717) is 6.04 Å². The topological polar surface area (TPSA) is 52.6 Å². The van der Waals surface area contributed by atoms with E-state index in [1.165, 1.54) is 19.3 Å². The second-order valence-corrected chi connectivity index (χ2v) is 5.29. The molecule has 0 aromatic rings. The predicted molar refractivity (Wildman–Crippen MR) is 73.6 cm³/mol. The van der Waals surface area contributed by atoms with Crippen LogP contribution in [0.3, 0.4) is 0 Å². The van der Waals surface area contributed by atoms with E-state index in [2.05, 4.69) is 5.32 Å². The summed E-state index contributed by atoms with van der Waals surface area (Å²) in [5, 5.41) is 11.8. The van der Waals surface area contributed by atoms with Gasteiger partial charge in [0.15, 0.2) is 0 Å². The van der Waals surface area contributed by atoms with Crippen molar-refractivity contribution in [1.29, 1.82) is 0 Å². The summed E-state index contributed by atoms with van der Waals surface area (Å²) in [4.78, 5) is 14.2. The Hall–Kier alpha value is -0.770. The Labute approximate surface area is 111 Å². The Kier molecular flexibility index (Phi) is 7.09. The first kappa shape index (κ1) is 15.3. The molecule has 1 aliphatic rings. The number of carbonyl (C=O) groups excluding carboxylic acids is 1. The maximum Gasteiger partial charge on any atom is 0.317 e. The lowest BCUT2D eigenvalue weighted by molar-refractivity contribution is 0.156. The molecule has 2 amide bonds. The molecule has 0 heterocycles. The van der Waals surface area contributed by atoms with E-state index in [1.54, 1.807) is 0 Å². The van der Waals surface area contributed by atoms with E-state index < -0.39 is 0 Å². The lowest BCUT2D eigenvalue weighted by atomic mass is 9.94. The van der Waals surface area contributed by atoms with Crippen LogP contribution in [0.4, 0.5) is 4.79 Å². The van der Waals surface area contributed by atoms with Crippen molar-refractivity contribution in [3.63, 3.8) is 0 Å². The smallest absolute Gasteiger partial charge is 0.317 e. The molecule has 1 rings (SSSR count). The van der Waals surface area contributed by atoms with Crippen molar-refractivity contribution >= 4 is 6.03 Å². The number of aliphatic hydroxyl groups excluding tert-OH is 1. The van der Waals surface area contributed by atoms with Crippen LogP contribution in [-0.2, 0) is 0 Å². The SMILES string of the molecule is CCN(C(=O)NC(C)CCCO)C1CCCCC1. The molecule has 1 atom stereocenters. The summed E-state index contributed by atoms with van der Waals surface area (Å²) in [6, 6.07) is 0.630. The second kappa shape index (κ2) is 8.35. The fourth-order valence-electron chi connectivity index (χ4n) is 2.72. The number of hydrogen-bond donors (Lipinski definition) is 2. The predicted octanol–water partition coefficient (Wildman–Crippen LogP) is 2.51. The van der Waals surface area contributed by atoms with Crippen molar-refractivity contribution in [3.8, 4) is 0 Å². The summed E-state index contributed by atoms with van der Waals surface area (Å²) in [7, 11) is 0. The maximum absolute atomic E-state index is 12.2. The highest BCUT2D eigenvalue weighted by Crippen LogP contribution is 2.22. The van der Waals surface area contributed by atoms with Crippen molar-refractivity contribution in [3.05, 3.63) is 0 Å². The van der Waals surface area contributed by atoms with Gasteiger partial charge >= 0.3 is 6.03 Å². The molecule has 4 heteroatoms. The van der Waals surface area contributed by atoms with E-state index >= 15 is 0 Å². The Bertz CT molecular complexity index is 240. The molecular formula is C14H28N2O2. The number of carbonyl (C=O) groups is 1. The monoisotopic (exact) mass is 256 g/mol. The minimum absolute atomic E-state index is 0.0647. The van der Waals surface area contributed by atoms with Crippen LogP contribution in [0.1, 0.15) is 58.8 Å². The lowest BCUT2D eigenvalue weighted by Crippen LogP contribution is -2.49. The van der Waals surface area contributed by atoms with Gasteiger partial charge in [-0.3, -0.25) is 0 Å². The third-order valence-electron chi connectivity index (χ3n) is 3.78. The molecule has 0 bridgehead atoms. The number of urea groups is 1. The highest BCUT2D eigenvalue weighted by Gasteiger charge is 2.24. The Morgan fingerprint density at radius 1 is 1.39 bits per heavy atom. The highest BCUT2D eigenvalue weighted by atomic mass is 16.3. The second-order valence-electron chi connectivity index (χ2n) is 5.29. The molecule has 0 aliphatic heterocycles. The van der Waals surface area contributed by atoms with Gasteiger partial charge in [-0.1, -0.05) is 19.3 Å². The van der Waals surface area contributed by atoms with Gasteiger partial charge in [-0.15, -0.1) is 0 Å². The number of nitrogens with one attached hydrogen (secondary N) is 1. The van der Waals surface area contributed by atoms with Gasteiger partial charge in [0, 0.05) is 25.2 Å². The van der Waals surface area contributed by atoms with Crippen molar-refractivity contribution in [1.82, 2.24) is 10.2 Å². The zero-order chi connectivity index (χ0) is 13.4. The van der Waals surface area contributed by atoms with Crippen LogP contribution in [-0.4, -0.2) is 41.3 Å². The largest absolute Gasteiger partial charge is 0.396 e. The van der Waals surface area contributed by atoms with Gasteiger partial charge in [0.25, 0.3) is 0 Å². The van der Waals surface area contributed by atoms with Crippen LogP contribution in [0.5, 0.6) is 0 Å². The summed E-state index contributed by atoms with van der Waals surface area (Å²) in [6.45, 7) is 5.03. The molecular weight excluding hydrogens is 228 g/mol. The van der Waals surface area contributed by atoms with Gasteiger partial charge in [0.05, 0.1) is 0 Å².